The number of alkyl halides is 1. The molecule has 1 fully saturated rings. The van der Waals surface area contributed by atoms with Gasteiger partial charge in [0.15, 0.2) is 0 Å². The molecule has 120 valence electrons. The molecule has 1 saturated heterocycles. The van der Waals surface area contributed by atoms with Crippen LogP contribution in [-0.2, 0) is 11.2 Å². The summed E-state index contributed by atoms with van der Waals surface area (Å²) in [6.45, 7) is 2.43. The molecule has 7 heteroatoms. The lowest BCUT2D eigenvalue weighted by atomic mass is 10.1. The maximum Gasteiger partial charge on any atom is 0.251 e. The predicted octanol–water partition coefficient (Wildman–Crippen LogP) is 0.272. The van der Waals surface area contributed by atoms with Gasteiger partial charge in [-0.25, -0.2) is 4.39 Å². The van der Waals surface area contributed by atoms with Crippen LogP contribution in [0.1, 0.15) is 29.3 Å². The zero-order chi connectivity index (χ0) is 16.1. The number of pyridine rings is 1. The van der Waals surface area contributed by atoms with Gasteiger partial charge in [-0.1, -0.05) is 6.92 Å². The smallest absolute Gasteiger partial charge is 0.251 e. The lowest BCUT2D eigenvalue weighted by molar-refractivity contribution is -0.119. The maximum atomic E-state index is 13.5. The van der Waals surface area contributed by atoms with E-state index in [1.807, 2.05) is 6.92 Å². The van der Waals surface area contributed by atoms with Gasteiger partial charge in [-0.05, 0) is 24.5 Å². The van der Waals surface area contributed by atoms with Gasteiger partial charge in [-0.3, -0.25) is 19.5 Å². The van der Waals surface area contributed by atoms with E-state index in [-0.39, 0.29) is 31.6 Å². The summed E-state index contributed by atoms with van der Waals surface area (Å²) < 4.78 is 13.5. The fraction of sp³-hybridized carbons (Fsp3) is 0.533. The first-order valence-corrected chi connectivity index (χ1v) is 7.38. The van der Waals surface area contributed by atoms with E-state index in [1.165, 1.54) is 0 Å². The Morgan fingerprint density at radius 1 is 1.55 bits per heavy atom. The quantitative estimate of drug-likeness (QED) is 0.789. The zero-order valence-electron chi connectivity index (χ0n) is 12.6. The Balaban J connectivity index is 1.96. The minimum Gasteiger partial charge on any atom is -0.369 e. The minimum absolute atomic E-state index is 0.0103. The first-order chi connectivity index (χ1) is 10.5. The summed E-state index contributed by atoms with van der Waals surface area (Å²) in [4.78, 5) is 28.9. The molecule has 22 heavy (non-hydrogen) atoms. The zero-order valence-corrected chi connectivity index (χ0v) is 12.6. The van der Waals surface area contributed by atoms with Gasteiger partial charge in [0.05, 0.1) is 6.54 Å². The summed E-state index contributed by atoms with van der Waals surface area (Å²) in [5.74, 6) is -0.701. The van der Waals surface area contributed by atoms with Gasteiger partial charge in [0.1, 0.15) is 6.17 Å². The van der Waals surface area contributed by atoms with E-state index in [4.69, 9.17) is 5.73 Å². The van der Waals surface area contributed by atoms with E-state index in [2.05, 4.69) is 10.3 Å². The van der Waals surface area contributed by atoms with Gasteiger partial charge < -0.3 is 11.1 Å². The molecular formula is C15H21FN4O2. The van der Waals surface area contributed by atoms with Crippen LogP contribution in [-0.4, -0.2) is 53.5 Å². The van der Waals surface area contributed by atoms with Crippen LogP contribution < -0.4 is 11.1 Å². The number of nitrogens with two attached hydrogens (primary N) is 1. The van der Waals surface area contributed by atoms with E-state index in [0.717, 1.165) is 5.56 Å². The summed E-state index contributed by atoms with van der Waals surface area (Å²) >= 11 is 0. The van der Waals surface area contributed by atoms with Crippen LogP contribution in [0.25, 0.3) is 0 Å². The van der Waals surface area contributed by atoms with E-state index < -0.39 is 12.1 Å². The lowest BCUT2D eigenvalue weighted by Crippen LogP contribution is -2.43. The molecule has 0 radical (unpaired) electrons. The second kappa shape index (κ2) is 7.31. The topological polar surface area (TPSA) is 88.3 Å². The van der Waals surface area contributed by atoms with E-state index in [0.29, 0.717) is 18.4 Å². The van der Waals surface area contributed by atoms with Crippen molar-refractivity contribution >= 4 is 11.8 Å². The molecule has 2 amide bonds. The predicted molar refractivity (Wildman–Crippen MR) is 80.0 cm³/mol. The highest BCUT2D eigenvalue weighted by Crippen LogP contribution is 2.19. The van der Waals surface area contributed by atoms with E-state index in [9.17, 15) is 14.0 Å². The summed E-state index contributed by atoms with van der Waals surface area (Å²) in [7, 11) is 0. The Labute approximate surface area is 128 Å². The van der Waals surface area contributed by atoms with Gasteiger partial charge in [0.2, 0.25) is 5.91 Å². The van der Waals surface area contributed by atoms with Crippen molar-refractivity contribution in [2.45, 2.75) is 32.0 Å². The van der Waals surface area contributed by atoms with Gasteiger partial charge in [0.25, 0.3) is 5.91 Å². The number of carbonyl (C=O) groups is 2. The second-order valence-corrected chi connectivity index (χ2v) is 5.48. The maximum absolute atomic E-state index is 13.5. The number of hydrogen-bond donors (Lipinski definition) is 2. The third kappa shape index (κ3) is 4.00. The molecule has 6 nitrogen and oxygen atoms in total. The third-order valence-electron chi connectivity index (χ3n) is 3.86. The Kier molecular flexibility index (Phi) is 5.43. The Morgan fingerprint density at radius 3 is 3.00 bits per heavy atom. The Bertz CT molecular complexity index is 552. The molecule has 1 aromatic rings. The number of amides is 2. The molecule has 0 unspecified atom stereocenters. The van der Waals surface area contributed by atoms with Crippen LogP contribution in [0, 0.1) is 0 Å². The molecule has 3 N–H and O–H groups in total. The molecule has 0 aliphatic carbocycles. The fourth-order valence-electron chi connectivity index (χ4n) is 2.76. The first kappa shape index (κ1) is 16.4. The normalized spacial score (nSPS) is 21.7. The van der Waals surface area contributed by atoms with E-state index >= 15 is 0 Å². The van der Waals surface area contributed by atoms with Crippen molar-refractivity contribution in [2.24, 2.45) is 5.73 Å². The second-order valence-electron chi connectivity index (χ2n) is 5.48. The van der Waals surface area contributed by atoms with Crippen molar-refractivity contribution in [3.8, 4) is 0 Å². The van der Waals surface area contributed by atoms with Crippen molar-refractivity contribution in [3.63, 3.8) is 0 Å². The van der Waals surface area contributed by atoms with Crippen LogP contribution in [0.2, 0.25) is 0 Å². The summed E-state index contributed by atoms with van der Waals surface area (Å²) in [5, 5.41) is 2.81. The average molecular weight is 308 g/mol. The molecule has 1 aliphatic rings. The van der Waals surface area contributed by atoms with Crippen molar-refractivity contribution in [1.82, 2.24) is 15.2 Å². The number of likely N-dealkylation sites (tertiary alicyclic amines) is 1. The molecule has 0 spiro atoms. The largest absolute Gasteiger partial charge is 0.369 e. The number of nitrogens with zero attached hydrogens (tertiary/aromatic N) is 2. The number of primary amides is 1. The standard InChI is InChI=1S/C15H21FN4O2/c1-2-10-6-18-4-3-13(10)15(22)19-7-12-5-11(16)8-20(12)9-14(17)21/h3-4,6,11-12H,2,5,7-9H2,1H3,(H2,17,21)(H,19,22)/t11-,12-/m0/s1. The molecule has 1 aliphatic heterocycles. The summed E-state index contributed by atoms with van der Waals surface area (Å²) in [5.41, 5.74) is 6.61. The fourth-order valence-corrected chi connectivity index (χ4v) is 2.76. The van der Waals surface area contributed by atoms with Crippen molar-refractivity contribution < 1.29 is 14.0 Å². The highest BCUT2D eigenvalue weighted by Gasteiger charge is 2.33. The molecule has 0 bridgehead atoms. The van der Waals surface area contributed by atoms with Crippen LogP contribution >= 0.6 is 0 Å². The SMILES string of the molecule is CCc1cnccc1C(=O)NC[C@@H]1C[C@H](F)CN1CC(N)=O. The molecule has 2 atom stereocenters. The molecule has 0 saturated carbocycles. The Hall–Kier alpha value is -2.02. The van der Waals surface area contributed by atoms with Gasteiger partial charge in [-0.2, -0.15) is 0 Å². The third-order valence-corrected chi connectivity index (χ3v) is 3.86. The average Bonchev–Trinajstić information content (AvgIpc) is 2.83. The van der Waals surface area contributed by atoms with Crippen molar-refractivity contribution in [1.29, 1.82) is 0 Å². The number of nitrogens with one attached hydrogen (secondary N) is 1. The van der Waals surface area contributed by atoms with Crippen LogP contribution in [0.15, 0.2) is 18.5 Å². The van der Waals surface area contributed by atoms with Gasteiger partial charge >= 0.3 is 0 Å². The van der Waals surface area contributed by atoms with Crippen LogP contribution in [0.4, 0.5) is 4.39 Å². The highest BCUT2D eigenvalue weighted by molar-refractivity contribution is 5.95. The molecular weight excluding hydrogens is 287 g/mol. The summed E-state index contributed by atoms with van der Waals surface area (Å²) in [6.07, 6.45) is 3.25. The summed E-state index contributed by atoms with van der Waals surface area (Å²) in [6, 6.07) is 1.46. The van der Waals surface area contributed by atoms with E-state index in [1.54, 1.807) is 23.4 Å². The monoisotopic (exact) mass is 308 g/mol. The number of aryl methyl sites for hydroxylation is 1. The van der Waals surface area contributed by atoms with Crippen molar-refractivity contribution in [2.75, 3.05) is 19.6 Å². The van der Waals surface area contributed by atoms with Crippen molar-refractivity contribution in [3.05, 3.63) is 29.6 Å². The molecule has 1 aromatic heterocycles. The van der Waals surface area contributed by atoms with Crippen LogP contribution in [0.5, 0.6) is 0 Å². The number of halogens is 1. The van der Waals surface area contributed by atoms with Gasteiger partial charge in [0, 0.05) is 37.1 Å². The lowest BCUT2D eigenvalue weighted by Gasteiger charge is -2.22. The molecule has 0 aromatic carbocycles. The number of aromatic nitrogens is 1. The highest BCUT2D eigenvalue weighted by atomic mass is 19.1. The Morgan fingerprint density at radius 2 is 2.32 bits per heavy atom. The number of carbonyl (C=O) groups excluding carboxylic acids is 2. The number of hydrogen-bond acceptors (Lipinski definition) is 4. The minimum atomic E-state index is -0.992. The van der Waals surface area contributed by atoms with Crippen LogP contribution in [0.3, 0.4) is 0 Å². The molecule has 2 rings (SSSR count). The molecule has 2 heterocycles. The number of rotatable bonds is 6. The van der Waals surface area contributed by atoms with Gasteiger partial charge in [-0.15, -0.1) is 0 Å². The first-order valence-electron chi connectivity index (χ1n) is 7.38.